The number of cyclic esters (lactones) is 1. The summed E-state index contributed by atoms with van der Waals surface area (Å²) in [6, 6.07) is 7.38. The van der Waals surface area contributed by atoms with Gasteiger partial charge in [0.05, 0.1) is 37.4 Å². The van der Waals surface area contributed by atoms with Crippen molar-refractivity contribution in [2.24, 2.45) is 11.8 Å². The lowest BCUT2D eigenvalue weighted by Gasteiger charge is -2.32. The molecule has 1 saturated heterocycles. The number of hydrogen-bond donors (Lipinski definition) is 4. The van der Waals surface area contributed by atoms with Crippen LogP contribution in [0.25, 0.3) is 0 Å². The predicted molar refractivity (Wildman–Crippen MR) is 184 cm³/mol. The molecule has 0 aromatic heterocycles. The Balaban J connectivity index is 1.84. The minimum atomic E-state index is -1.45. The Morgan fingerprint density at radius 1 is 1.21 bits per heavy atom. The third kappa shape index (κ3) is 11.6. The first-order valence-corrected chi connectivity index (χ1v) is 17.1. The zero-order valence-electron chi connectivity index (χ0n) is 29.8. The van der Waals surface area contributed by atoms with Crippen molar-refractivity contribution in [3.05, 3.63) is 65.8 Å². The van der Waals surface area contributed by atoms with Gasteiger partial charge in [-0.05, 0) is 75.3 Å². The maximum absolute atomic E-state index is 12.8. The summed E-state index contributed by atoms with van der Waals surface area (Å²) in [5.41, 5.74) is -0.994. The van der Waals surface area contributed by atoms with Crippen LogP contribution >= 0.6 is 0 Å². The molecule has 4 N–H and O–H groups in total. The van der Waals surface area contributed by atoms with Gasteiger partial charge in [0.1, 0.15) is 29.7 Å². The molecule has 10 nitrogen and oxygen atoms in total. The van der Waals surface area contributed by atoms with Crippen LogP contribution in [0.3, 0.4) is 0 Å². The zero-order valence-corrected chi connectivity index (χ0v) is 29.8. The van der Waals surface area contributed by atoms with Gasteiger partial charge in [-0.25, -0.2) is 0 Å². The number of aliphatic hydroxyl groups excluding tert-OH is 1. The van der Waals surface area contributed by atoms with Crippen LogP contribution in [-0.2, 0) is 30.3 Å². The average molecular weight is 672 g/mol. The highest BCUT2D eigenvalue weighted by atomic mass is 16.6. The van der Waals surface area contributed by atoms with Gasteiger partial charge in [0.15, 0.2) is 0 Å². The van der Waals surface area contributed by atoms with E-state index in [1.54, 1.807) is 51.3 Å². The van der Waals surface area contributed by atoms with Crippen molar-refractivity contribution < 1.29 is 43.9 Å². The lowest BCUT2D eigenvalue weighted by atomic mass is 9.87. The Hall–Kier alpha value is -3.02. The van der Waals surface area contributed by atoms with Crippen molar-refractivity contribution in [1.29, 1.82) is 0 Å². The Morgan fingerprint density at radius 3 is 2.52 bits per heavy atom. The summed E-state index contributed by atoms with van der Waals surface area (Å²) in [5, 5.41) is 36.9. The minimum Gasteiger partial charge on any atom is -0.497 e. The molecule has 0 aliphatic carbocycles. The summed E-state index contributed by atoms with van der Waals surface area (Å²) in [4.78, 5) is 24.7. The Morgan fingerprint density at radius 2 is 1.90 bits per heavy atom. The zero-order chi connectivity index (χ0) is 35.6. The monoisotopic (exact) mass is 671 g/mol. The molecule has 3 rings (SSSR count). The maximum atomic E-state index is 12.8. The molecule has 0 saturated carbocycles. The first kappa shape index (κ1) is 39.4. The number of benzene rings is 1. The van der Waals surface area contributed by atoms with Gasteiger partial charge >= 0.3 is 11.9 Å². The van der Waals surface area contributed by atoms with Crippen LogP contribution in [-0.4, -0.2) is 82.1 Å². The number of rotatable bonds is 13. The lowest BCUT2D eigenvalue weighted by Crippen LogP contribution is -2.51. The molecule has 10 atom stereocenters. The SMILES string of the molecule is CCC[C@@H](C)[C@H]1O[C@@H]1C(NCc1ccc(OC)cc1)C(C)(O)/C=C/C=C(\C)C1OC(=O)C[C@H](O)CC[C@@](C)(O)[C@@H](OC(C)=O)/C=C/[C@@H]1C. The Labute approximate surface area is 286 Å². The molecule has 2 aliphatic heterocycles. The summed E-state index contributed by atoms with van der Waals surface area (Å²) >= 11 is 0. The molecule has 2 aliphatic rings. The Kier molecular flexibility index (Phi) is 14.4. The molecule has 1 aromatic rings. The van der Waals surface area contributed by atoms with E-state index < -0.39 is 47.5 Å². The van der Waals surface area contributed by atoms with Crippen LogP contribution in [0.5, 0.6) is 5.75 Å². The van der Waals surface area contributed by atoms with E-state index >= 15 is 0 Å². The molecule has 1 aromatic carbocycles. The number of carbonyl (C=O) groups is 2. The molecule has 0 spiro atoms. The molecule has 2 heterocycles. The molecule has 268 valence electrons. The standard InChI is InChI=1S/C38H57NO9/c1-9-11-24(2)34-35(48-34)36(39-23-28-14-16-30(45-8)17-15-28)38(7,44)20-10-12-25(3)33-26(4)13-18-31(46-27(5)40)37(6,43)21-19-29(41)22-32(42)47-33/h10,12-18,20,24,26,29,31,33-36,39,41,43-44H,9,11,19,21-23H2,1-8H3/b18-13+,20-10+,25-12+/t24-,26+,29-,31+,33?,34-,35+,36?,37-,38?/m1/s1. The third-order valence-electron chi connectivity index (χ3n) is 9.37. The van der Waals surface area contributed by atoms with Crippen molar-refractivity contribution in [1.82, 2.24) is 5.32 Å². The van der Waals surface area contributed by atoms with Crippen LogP contribution in [0, 0.1) is 11.8 Å². The second-order valence-electron chi connectivity index (χ2n) is 14.0. The van der Waals surface area contributed by atoms with Crippen molar-refractivity contribution >= 4 is 11.9 Å². The highest BCUT2D eigenvalue weighted by Gasteiger charge is 2.52. The smallest absolute Gasteiger partial charge is 0.309 e. The quantitative estimate of drug-likeness (QED) is 0.0984. The van der Waals surface area contributed by atoms with Gasteiger partial charge in [0.25, 0.3) is 0 Å². The van der Waals surface area contributed by atoms with Gasteiger partial charge in [0, 0.05) is 19.4 Å². The largest absolute Gasteiger partial charge is 0.497 e. The highest BCUT2D eigenvalue weighted by Crippen LogP contribution is 2.38. The summed E-state index contributed by atoms with van der Waals surface area (Å²) in [7, 11) is 1.63. The Bertz CT molecular complexity index is 1290. The molecular formula is C38H57NO9. The topological polar surface area (TPSA) is 147 Å². The van der Waals surface area contributed by atoms with Crippen molar-refractivity contribution in [2.45, 2.75) is 135 Å². The maximum Gasteiger partial charge on any atom is 0.309 e. The molecule has 48 heavy (non-hydrogen) atoms. The van der Waals surface area contributed by atoms with Crippen LogP contribution in [0.4, 0.5) is 0 Å². The van der Waals surface area contributed by atoms with E-state index in [1.807, 2.05) is 38.1 Å². The van der Waals surface area contributed by atoms with Crippen molar-refractivity contribution in [3.63, 3.8) is 0 Å². The van der Waals surface area contributed by atoms with Gasteiger partial charge in [0.2, 0.25) is 0 Å². The van der Waals surface area contributed by atoms with E-state index in [0.717, 1.165) is 24.2 Å². The van der Waals surface area contributed by atoms with Gasteiger partial charge in [-0.15, -0.1) is 0 Å². The number of epoxide rings is 1. The highest BCUT2D eigenvalue weighted by molar-refractivity contribution is 5.70. The number of ether oxygens (including phenoxy) is 4. The average Bonchev–Trinajstić information content (AvgIpc) is 3.81. The lowest BCUT2D eigenvalue weighted by molar-refractivity contribution is -0.157. The molecule has 1 fully saturated rings. The van der Waals surface area contributed by atoms with Crippen molar-refractivity contribution in [2.75, 3.05) is 7.11 Å². The van der Waals surface area contributed by atoms with Gasteiger partial charge < -0.3 is 39.6 Å². The molecule has 3 unspecified atom stereocenters. The summed E-state index contributed by atoms with van der Waals surface area (Å²) in [6.07, 6.45) is 7.93. The van der Waals surface area contributed by atoms with Gasteiger partial charge in [-0.3, -0.25) is 9.59 Å². The number of carbonyl (C=O) groups excluding carboxylic acids is 2. The minimum absolute atomic E-state index is 0.0469. The first-order chi connectivity index (χ1) is 22.6. The fraction of sp³-hybridized carbons (Fsp3) is 0.632. The molecule has 10 heteroatoms. The summed E-state index contributed by atoms with van der Waals surface area (Å²) < 4.78 is 22.7. The normalized spacial score (nSPS) is 31.8. The van der Waals surface area contributed by atoms with Gasteiger partial charge in [-0.2, -0.15) is 0 Å². The van der Waals surface area contributed by atoms with Crippen LogP contribution in [0.1, 0.15) is 86.1 Å². The fourth-order valence-electron chi connectivity index (χ4n) is 6.33. The number of methoxy groups -OCH3 is 1. The molecule has 0 amide bonds. The fourth-order valence-corrected chi connectivity index (χ4v) is 6.33. The summed E-state index contributed by atoms with van der Waals surface area (Å²) in [6.45, 7) is 13.1. The van der Waals surface area contributed by atoms with E-state index in [0.29, 0.717) is 18.0 Å². The van der Waals surface area contributed by atoms with Gasteiger partial charge in [-0.1, -0.05) is 63.6 Å². The molecule has 0 bridgehead atoms. The van der Waals surface area contributed by atoms with Crippen LogP contribution in [0.15, 0.2) is 60.2 Å². The summed E-state index contributed by atoms with van der Waals surface area (Å²) in [5.74, 6) is -0.338. The van der Waals surface area contributed by atoms with E-state index in [4.69, 9.17) is 18.9 Å². The number of nitrogens with one attached hydrogen (secondary N) is 1. The molecule has 0 radical (unpaired) electrons. The molecular weight excluding hydrogens is 614 g/mol. The second kappa shape index (κ2) is 17.6. The third-order valence-corrected chi connectivity index (χ3v) is 9.37. The van der Waals surface area contributed by atoms with E-state index in [1.165, 1.54) is 6.92 Å². The van der Waals surface area contributed by atoms with Crippen LogP contribution in [0.2, 0.25) is 0 Å². The van der Waals surface area contributed by atoms with E-state index in [9.17, 15) is 24.9 Å². The number of aliphatic hydroxyl groups is 3. The number of hydrogen-bond acceptors (Lipinski definition) is 10. The van der Waals surface area contributed by atoms with Crippen LogP contribution < -0.4 is 10.1 Å². The van der Waals surface area contributed by atoms with E-state index in [2.05, 4.69) is 19.2 Å². The van der Waals surface area contributed by atoms with E-state index in [-0.39, 0.29) is 37.4 Å². The first-order valence-electron chi connectivity index (χ1n) is 17.1. The second-order valence-corrected chi connectivity index (χ2v) is 14.0. The predicted octanol–water partition coefficient (Wildman–Crippen LogP) is 4.94. The number of allylic oxidation sites excluding steroid dienone is 2. The number of esters is 2. The van der Waals surface area contributed by atoms with Crippen molar-refractivity contribution in [3.8, 4) is 5.75 Å².